The summed E-state index contributed by atoms with van der Waals surface area (Å²) in [6.45, 7) is 13.3. The Balaban J connectivity index is 2.28. The quantitative estimate of drug-likeness (QED) is 0.609. The molecule has 6 nitrogen and oxygen atoms in total. The number of hydrogen-bond donors (Lipinski definition) is 1. The topological polar surface area (TPSA) is 69.7 Å². The van der Waals surface area contributed by atoms with E-state index in [0.29, 0.717) is 15.9 Å². The van der Waals surface area contributed by atoms with Gasteiger partial charge in [0.05, 0.1) is 11.2 Å². The van der Waals surface area contributed by atoms with Crippen LogP contribution in [0.2, 0.25) is 0 Å². The van der Waals surface area contributed by atoms with Gasteiger partial charge < -0.3 is 14.0 Å². The average Bonchev–Trinajstić information content (AvgIpc) is 2.55. The summed E-state index contributed by atoms with van der Waals surface area (Å²) in [6, 6.07) is 3.59. The first kappa shape index (κ1) is 19.2. The van der Waals surface area contributed by atoms with E-state index in [0.717, 1.165) is 0 Å². The highest BCUT2D eigenvalue weighted by Crippen LogP contribution is 2.37. The van der Waals surface area contributed by atoms with E-state index < -0.39 is 30.0 Å². The third-order valence-corrected chi connectivity index (χ3v) is 4.46. The maximum atomic E-state index is 12.1. The number of rotatable bonds is 2. The van der Waals surface area contributed by atoms with Crippen molar-refractivity contribution in [2.24, 2.45) is 0 Å². The number of amides is 1. The Morgan fingerprint density at radius 3 is 2.25 bits per heavy atom. The number of pyridine rings is 1. The predicted molar refractivity (Wildman–Crippen MR) is 97.5 cm³/mol. The Labute approximate surface area is 151 Å². The molecule has 0 atom stereocenters. The molecule has 0 saturated carbocycles. The van der Waals surface area contributed by atoms with Crippen LogP contribution in [0.15, 0.2) is 16.7 Å². The van der Waals surface area contributed by atoms with Gasteiger partial charge in [-0.15, -0.1) is 0 Å². The number of carbonyl (C=O) groups excluding carboxylic acids is 1. The highest BCUT2D eigenvalue weighted by atomic mass is 79.9. The van der Waals surface area contributed by atoms with Crippen LogP contribution in [0, 0.1) is 0 Å². The number of nitrogens with one attached hydrogen (secondary N) is 1. The Hall–Kier alpha value is -1.12. The minimum Gasteiger partial charge on any atom is -0.444 e. The lowest BCUT2D eigenvalue weighted by atomic mass is 9.79. The Kier molecular flexibility index (Phi) is 5.05. The molecule has 1 saturated heterocycles. The predicted octanol–water partition coefficient (Wildman–Crippen LogP) is 3.49. The van der Waals surface area contributed by atoms with Crippen molar-refractivity contribution in [3.63, 3.8) is 0 Å². The van der Waals surface area contributed by atoms with Gasteiger partial charge in [-0.1, -0.05) is 6.07 Å². The number of aromatic nitrogens is 1. The minimum absolute atomic E-state index is 0.345. The fourth-order valence-corrected chi connectivity index (χ4v) is 2.42. The molecule has 0 unspecified atom stereocenters. The SMILES string of the molecule is CC(C)(C)OC(=O)Nc1nc(Br)ccc1B1OC(C)(C)C(C)(C)O1. The van der Waals surface area contributed by atoms with Crippen molar-refractivity contribution in [1.82, 2.24) is 4.98 Å². The summed E-state index contributed by atoms with van der Waals surface area (Å²) in [7, 11) is -0.625. The summed E-state index contributed by atoms with van der Waals surface area (Å²) in [5, 5.41) is 2.68. The molecular formula is C16H24BBrN2O4. The fourth-order valence-electron chi connectivity index (χ4n) is 2.11. The summed E-state index contributed by atoms with van der Waals surface area (Å²) in [5.41, 5.74) is -0.912. The van der Waals surface area contributed by atoms with Gasteiger partial charge in [0.15, 0.2) is 0 Å². The molecule has 0 bridgehead atoms. The van der Waals surface area contributed by atoms with Crippen LogP contribution < -0.4 is 10.8 Å². The molecule has 1 aromatic heterocycles. The van der Waals surface area contributed by atoms with Crippen molar-refractivity contribution in [2.45, 2.75) is 65.3 Å². The lowest BCUT2D eigenvalue weighted by Crippen LogP contribution is -2.41. The Morgan fingerprint density at radius 2 is 1.75 bits per heavy atom. The normalized spacial score (nSPS) is 19.2. The highest BCUT2D eigenvalue weighted by molar-refractivity contribution is 9.10. The summed E-state index contributed by atoms with van der Waals surface area (Å²) in [5.74, 6) is 0.345. The third-order valence-electron chi connectivity index (χ3n) is 4.02. The van der Waals surface area contributed by atoms with Gasteiger partial charge in [-0.2, -0.15) is 0 Å². The van der Waals surface area contributed by atoms with E-state index in [-0.39, 0.29) is 0 Å². The molecule has 0 spiro atoms. The van der Waals surface area contributed by atoms with Crippen LogP contribution in [0.3, 0.4) is 0 Å². The summed E-state index contributed by atoms with van der Waals surface area (Å²) >= 11 is 3.32. The molecule has 1 N–H and O–H groups in total. The molecule has 0 aromatic carbocycles. The number of nitrogens with zero attached hydrogens (tertiary/aromatic N) is 1. The maximum absolute atomic E-state index is 12.1. The number of hydrogen-bond acceptors (Lipinski definition) is 5. The van der Waals surface area contributed by atoms with E-state index in [4.69, 9.17) is 14.0 Å². The molecule has 2 heterocycles. The van der Waals surface area contributed by atoms with E-state index in [2.05, 4.69) is 26.2 Å². The molecule has 24 heavy (non-hydrogen) atoms. The minimum atomic E-state index is -0.625. The van der Waals surface area contributed by atoms with E-state index in [1.807, 2.05) is 33.8 Å². The first-order valence-electron chi connectivity index (χ1n) is 7.83. The van der Waals surface area contributed by atoms with Crippen LogP contribution in [0.5, 0.6) is 0 Å². The largest absolute Gasteiger partial charge is 0.498 e. The second kappa shape index (κ2) is 6.31. The van der Waals surface area contributed by atoms with Crippen molar-refractivity contribution in [1.29, 1.82) is 0 Å². The highest BCUT2D eigenvalue weighted by Gasteiger charge is 2.52. The molecule has 1 aliphatic heterocycles. The zero-order valence-electron chi connectivity index (χ0n) is 15.2. The molecule has 1 aliphatic rings. The molecule has 1 fully saturated rings. The van der Waals surface area contributed by atoms with Crippen LogP contribution in [-0.2, 0) is 14.0 Å². The number of carbonyl (C=O) groups is 1. The van der Waals surface area contributed by atoms with E-state index in [1.54, 1.807) is 26.8 Å². The lowest BCUT2D eigenvalue weighted by molar-refractivity contribution is 0.00578. The van der Waals surface area contributed by atoms with Crippen LogP contribution in [0.25, 0.3) is 0 Å². The van der Waals surface area contributed by atoms with Gasteiger partial charge in [0.25, 0.3) is 0 Å². The zero-order chi connectivity index (χ0) is 18.3. The molecule has 1 amide bonds. The van der Waals surface area contributed by atoms with Crippen molar-refractivity contribution in [3.8, 4) is 0 Å². The zero-order valence-corrected chi connectivity index (χ0v) is 16.8. The molecule has 2 rings (SSSR count). The number of halogens is 1. The van der Waals surface area contributed by atoms with E-state index in [1.165, 1.54) is 0 Å². The first-order valence-corrected chi connectivity index (χ1v) is 8.62. The standard InChI is InChI=1S/C16H24BBrN2O4/c1-14(2,3)22-13(21)20-12-10(8-9-11(18)19-12)17-23-15(4,5)16(6,7)24-17/h8-9H,1-7H3,(H,19,20,21). The van der Waals surface area contributed by atoms with E-state index in [9.17, 15) is 4.79 Å². The van der Waals surface area contributed by atoms with Gasteiger partial charge in [-0.3, -0.25) is 5.32 Å². The van der Waals surface area contributed by atoms with Gasteiger partial charge in [-0.25, -0.2) is 9.78 Å². The molecule has 1 aromatic rings. The van der Waals surface area contributed by atoms with Crippen LogP contribution >= 0.6 is 15.9 Å². The van der Waals surface area contributed by atoms with Crippen molar-refractivity contribution < 1.29 is 18.8 Å². The Morgan fingerprint density at radius 1 is 1.21 bits per heavy atom. The van der Waals surface area contributed by atoms with Gasteiger partial charge in [0.1, 0.15) is 16.0 Å². The van der Waals surface area contributed by atoms with Gasteiger partial charge in [0.2, 0.25) is 0 Å². The molecular weight excluding hydrogens is 375 g/mol. The molecule has 0 radical (unpaired) electrons. The lowest BCUT2D eigenvalue weighted by Gasteiger charge is -2.32. The Bertz CT molecular complexity index is 627. The maximum Gasteiger partial charge on any atom is 0.498 e. The fraction of sp³-hybridized carbons (Fsp3) is 0.625. The smallest absolute Gasteiger partial charge is 0.444 e. The number of ether oxygens (including phenoxy) is 1. The van der Waals surface area contributed by atoms with Crippen LogP contribution in [-0.4, -0.2) is 35.0 Å². The van der Waals surface area contributed by atoms with Crippen molar-refractivity contribution in [3.05, 3.63) is 16.7 Å². The monoisotopic (exact) mass is 398 g/mol. The number of anilines is 1. The van der Waals surface area contributed by atoms with Gasteiger partial charge >= 0.3 is 13.2 Å². The summed E-state index contributed by atoms with van der Waals surface area (Å²) in [6.07, 6.45) is -0.578. The van der Waals surface area contributed by atoms with Crippen LogP contribution in [0.1, 0.15) is 48.5 Å². The van der Waals surface area contributed by atoms with Crippen molar-refractivity contribution >= 4 is 40.4 Å². The molecule has 8 heteroatoms. The third kappa shape index (κ3) is 4.29. The molecule has 0 aliphatic carbocycles. The van der Waals surface area contributed by atoms with E-state index >= 15 is 0 Å². The second-order valence-electron chi connectivity index (χ2n) is 7.79. The average molecular weight is 399 g/mol. The van der Waals surface area contributed by atoms with Gasteiger partial charge in [0, 0.05) is 5.46 Å². The van der Waals surface area contributed by atoms with Crippen molar-refractivity contribution in [2.75, 3.05) is 5.32 Å². The molecule has 132 valence electrons. The second-order valence-corrected chi connectivity index (χ2v) is 8.60. The summed E-state index contributed by atoms with van der Waals surface area (Å²) in [4.78, 5) is 16.4. The van der Waals surface area contributed by atoms with Crippen LogP contribution in [0.4, 0.5) is 10.6 Å². The first-order chi connectivity index (χ1) is 10.8. The van der Waals surface area contributed by atoms with Gasteiger partial charge in [-0.05, 0) is 70.5 Å². The summed E-state index contributed by atoms with van der Waals surface area (Å²) < 4.78 is 18.0.